The first-order chi connectivity index (χ1) is 13.1. The number of hydrogen-bond donors (Lipinski definition) is 0. The average Bonchev–Trinajstić information content (AvgIpc) is 3.37. The van der Waals surface area contributed by atoms with E-state index in [2.05, 4.69) is 11.4 Å². The Balaban J connectivity index is 1.54. The molecule has 1 aliphatic heterocycles. The lowest BCUT2D eigenvalue weighted by molar-refractivity contribution is -0.132. The quantitative estimate of drug-likeness (QED) is 0.627. The largest absolute Gasteiger partial charge is 0.330 e. The number of carbonyl (C=O) groups excluding carboxylic acids is 1. The van der Waals surface area contributed by atoms with E-state index in [0.29, 0.717) is 6.54 Å². The molecule has 1 aromatic carbocycles. The van der Waals surface area contributed by atoms with Crippen molar-refractivity contribution in [2.45, 2.75) is 23.8 Å². The van der Waals surface area contributed by atoms with E-state index in [9.17, 15) is 13.2 Å². The van der Waals surface area contributed by atoms with E-state index in [-0.39, 0.29) is 29.0 Å². The average molecular weight is 418 g/mol. The van der Waals surface area contributed by atoms with Crippen LogP contribution in [0, 0.1) is 0 Å². The van der Waals surface area contributed by atoms with Crippen LogP contribution in [0.3, 0.4) is 0 Å². The van der Waals surface area contributed by atoms with Crippen LogP contribution in [0.1, 0.15) is 27.8 Å². The number of hydrogen-bond acceptors (Lipinski definition) is 5. The van der Waals surface area contributed by atoms with Crippen LogP contribution in [-0.4, -0.2) is 31.5 Å². The van der Waals surface area contributed by atoms with Crippen molar-refractivity contribution >= 4 is 38.4 Å². The summed E-state index contributed by atoms with van der Waals surface area (Å²) in [5, 5.41) is 4.08. The van der Waals surface area contributed by atoms with Gasteiger partial charge in [0.2, 0.25) is 5.91 Å². The predicted octanol–water partition coefficient (Wildman–Crippen LogP) is 4.15. The zero-order valence-corrected chi connectivity index (χ0v) is 17.0. The zero-order valence-electron chi connectivity index (χ0n) is 14.6. The number of benzene rings is 1. The standard InChI is InChI=1S/C20H19NO3S3/c22-19(10-14-27(23,24)15-5-2-1-3-6-15)21-11-8-17-16(9-13-26-17)20(21)18-7-4-12-25-18/h1-7,9,12-13,20H,8,10-11,14H2/t20-/m0/s1. The van der Waals surface area contributed by atoms with Crippen LogP contribution in [0.5, 0.6) is 0 Å². The lowest BCUT2D eigenvalue weighted by Crippen LogP contribution is -2.40. The van der Waals surface area contributed by atoms with Crippen molar-refractivity contribution in [3.05, 3.63) is 74.6 Å². The fourth-order valence-electron chi connectivity index (χ4n) is 3.45. The van der Waals surface area contributed by atoms with Crippen LogP contribution in [0.15, 0.2) is 64.2 Å². The maximum Gasteiger partial charge on any atom is 0.224 e. The molecule has 0 aliphatic carbocycles. The summed E-state index contributed by atoms with van der Waals surface area (Å²) < 4.78 is 25.0. The first-order valence-corrected chi connectivity index (χ1v) is 12.1. The predicted molar refractivity (Wildman–Crippen MR) is 109 cm³/mol. The van der Waals surface area contributed by atoms with Gasteiger partial charge >= 0.3 is 0 Å². The van der Waals surface area contributed by atoms with Crippen molar-refractivity contribution in [1.29, 1.82) is 0 Å². The maximum absolute atomic E-state index is 13.0. The fraction of sp³-hybridized carbons (Fsp3) is 0.250. The molecule has 0 bridgehead atoms. The van der Waals surface area contributed by atoms with E-state index in [1.165, 1.54) is 10.4 Å². The number of nitrogens with zero attached hydrogens (tertiary/aromatic N) is 1. The topological polar surface area (TPSA) is 54.5 Å². The lowest BCUT2D eigenvalue weighted by Gasteiger charge is -2.35. The van der Waals surface area contributed by atoms with Crippen molar-refractivity contribution in [3.8, 4) is 0 Å². The van der Waals surface area contributed by atoms with Gasteiger partial charge in [0.1, 0.15) is 0 Å². The Morgan fingerprint density at radius 2 is 1.85 bits per heavy atom. The number of sulfone groups is 1. The summed E-state index contributed by atoms with van der Waals surface area (Å²) >= 11 is 3.36. The molecule has 27 heavy (non-hydrogen) atoms. The van der Waals surface area contributed by atoms with E-state index in [0.717, 1.165) is 11.3 Å². The second-order valence-electron chi connectivity index (χ2n) is 6.44. The van der Waals surface area contributed by atoms with Gasteiger partial charge in [-0.2, -0.15) is 0 Å². The molecule has 1 atom stereocenters. The third-order valence-corrected chi connectivity index (χ3v) is 8.44. The smallest absolute Gasteiger partial charge is 0.224 e. The van der Waals surface area contributed by atoms with Gasteiger partial charge in [-0.1, -0.05) is 24.3 Å². The SMILES string of the molecule is O=C(CCS(=O)(=O)c1ccccc1)N1CCc2sccc2[C@H]1c1cccs1. The minimum Gasteiger partial charge on any atom is -0.330 e. The van der Waals surface area contributed by atoms with Gasteiger partial charge in [-0.05, 0) is 47.0 Å². The molecule has 4 rings (SSSR count). The molecule has 2 aromatic heterocycles. The molecule has 0 fully saturated rings. The van der Waals surface area contributed by atoms with Crippen molar-refractivity contribution in [2.75, 3.05) is 12.3 Å². The molecular weight excluding hydrogens is 398 g/mol. The molecule has 0 N–H and O–H groups in total. The minimum absolute atomic E-state index is 0.00142. The molecule has 7 heteroatoms. The molecule has 3 aromatic rings. The van der Waals surface area contributed by atoms with Crippen molar-refractivity contribution in [1.82, 2.24) is 4.90 Å². The van der Waals surface area contributed by atoms with Crippen LogP contribution >= 0.6 is 22.7 Å². The number of carbonyl (C=O) groups is 1. The molecule has 4 nitrogen and oxygen atoms in total. The highest BCUT2D eigenvalue weighted by Crippen LogP contribution is 2.39. The third-order valence-electron chi connectivity index (χ3n) is 4.79. The summed E-state index contributed by atoms with van der Waals surface area (Å²) in [5.41, 5.74) is 1.17. The van der Waals surface area contributed by atoms with Gasteiger partial charge in [-0.15, -0.1) is 22.7 Å². The Kier molecular flexibility index (Phi) is 5.16. The third kappa shape index (κ3) is 3.72. The van der Waals surface area contributed by atoms with Gasteiger partial charge in [-0.25, -0.2) is 8.42 Å². The fourth-order valence-corrected chi connectivity index (χ4v) is 6.46. The van der Waals surface area contributed by atoms with Crippen LogP contribution < -0.4 is 0 Å². The molecule has 1 aliphatic rings. The molecule has 0 unspecified atom stereocenters. The van der Waals surface area contributed by atoms with E-state index in [1.54, 1.807) is 53.0 Å². The normalized spacial score (nSPS) is 16.9. The number of rotatable bonds is 5. The monoisotopic (exact) mass is 417 g/mol. The van der Waals surface area contributed by atoms with Gasteiger partial charge in [0, 0.05) is 22.7 Å². The Labute approximate surface area is 167 Å². The summed E-state index contributed by atoms with van der Waals surface area (Å²) in [6, 6.07) is 14.3. The second-order valence-corrected chi connectivity index (χ2v) is 10.5. The first kappa shape index (κ1) is 18.4. The molecule has 3 heterocycles. The Hall–Kier alpha value is -1.96. The molecular formula is C20H19NO3S3. The number of thiophene rings is 2. The summed E-state index contributed by atoms with van der Waals surface area (Å²) in [4.78, 5) is 17.5. The molecule has 140 valence electrons. The van der Waals surface area contributed by atoms with E-state index >= 15 is 0 Å². The van der Waals surface area contributed by atoms with Crippen LogP contribution in [0.4, 0.5) is 0 Å². The van der Waals surface area contributed by atoms with Crippen LogP contribution in [-0.2, 0) is 21.1 Å². The maximum atomic E-state index is 13.0. The number of amides is 1. The Morgan fingerprint density at radius 1 is 1.04 bits per heavy atom. The highest BCUT2D eigenvalue weighted by atomic mass is 32.2. The van der Waals surface area contributed by atoms with Crippen LogP contribution in [0.25, 0.3) is 0 Å². The van der Waals surface area contributed by atoms with E-state index in [1.807, 2.05) is 22.4 Å². The summed E-state index contributed by atoms with van der Waals surface area (Å²) in [6.07, 6.45) is 0.824. The van der Waals surface area contributed by atoms with Crippen LogP contribution in [0.2, 0.25) is 0 Å². The van der Waals surface area contributed by atoms with Crippen molar-refractivity contribution in [2.24, 2.45) is 0 Å². The van der Waals surface area contributed by atoms with Gasteiger partial charge < -0.3 is 4.90 Å². The lowest BCUT2D eigenvalue weighted by atomic mass is 9.98. The number of fused-ring (bicyclic) bond motifs is 1. The second kappa shape index (κ2) is 7.58. The Morgan fingerprint density at radius 3 is 2.59 bits per heavy atom. The summed E-state index contributed by atoms with van der Waals surface area (Å²) in [7, 11) is -3.46. The van der Waals surface area contributed by atoms with E-state index in [4.69, 9.17) is 0 Å². The molecule has 0 saturated carbocycles. The van der Waals surface area contributed by atoms with Gasteiger partial charge in [-0.3, -0.25) is 4.79 Å². The van der Waals surface area contributed by atoms with Gasteiger partial charge in [0.15, 0.2) is 9.84 Å². The molecule has 1 amide bonds. The van der Waals surface area contributed by atoms with E-state index < -0.39 is 9.84 Å². The molecule has 0 radical (unpaired) electrons. The van der Waals surface area contributed by atoms with Crippen molar-refractivity contribution in [3.63, 3.8) is 0 Å². The zero-order chi connectivity index (χ0) is 18.9. The Bertz CT molecular complexity index is 1020. The molecule has 0 spiro atoms. The van der Waals surface area contributed by atoms with Crippen molar-refractivity contribution < 1.29 is 13.2 Å². The summed E-state index contributed by atoms with van der Waals surface area (Å²) in [6.45, 7) is 0.625. The first-order valence-electron chi connectivity index (χ1n) is 8.73. The highest BCUT2D eigenvalue weighted by molar-refractivity contribution is 7.91. The molecule has 0 saturated heterocycles. The summed E-state index contributed by atoms with van der Waals surface area (Å²) in [5.74, 6) is -0.273. The van der Waals surface area contributed by atoms with Gasteiger partial charge in [0.05, 0.1) is 16.7 Å². The minimum atomic E-state index is -3.46. The van der Waals surface area contributed by atoms with Gasteiger partial charge in [0.25, 0.3) is 0 Å². The highest BCUT2D eigenvalue weighted by Gasteiger charge is 2.33.